The lowest BCUT2D eigenvalue weighted by Gasteiger charge is -2.27. The third-order valence-electron chi connectivity index (χ3n) is 9.85. The van der Waals surface area contributed by atoms with Crippen molar-refractivity contribution in [3.63, 3.8) is 0 Å². The highest BCUT2D eigenvalue weighted by atomic mass is 16.6. The average Bonchev–Trinajstić information content (AvgIpc) is 4.01. The Kier molecular flexibility index (Phi) is 12.1. The summed E-state index contributed by atoms with van der Waals surface area (Å²) in [5.41, 5.74) is -0.124. The quantitative estimate of drug-likeness (QED) is 0.170. The summed E-state index contributed by atoms with van der Waals surface area (Å²) in [4.78, 5) is 68.7. The Hall–Kier alpha value is -3.87. The van der Waals surface area contributed by atoms with Gasteiger partial charge in [0.1, 0.15) is 17.7 Å². The van der Waals surface area contributed by atoms with Crippen LogP contribution >= 0.6 is 0 Å². The molecule has 4 aliphatic rings. The number of amides is 4. The summed E-state index contributed by atoms with van der Waals surface area (Å²) in [6, 6.07) is 7.13. The number of carbonyl (C=O) groups excluding carboxylic acids is 5. The SMILES string of the molecule is CC(C)CC(NC(=O)[C@H](CC12C=CC=CC1C2)NC(=O)CNC(=O)[C@H](CCc1ccccc1)NC(=O)CN1CCOCC1)C(=O)[C@@]1(C)CO1. The van der Waals surface area contributed by atoms with Crippen LogP contribution < -0.4 is 21.3 Å². The van der Waals surface area contributed by atoms with Gasteiger partial charge in [-0.2, -0.15) is 0 Å². The van der Waals surface area contributed by atoms with Crippen LogP contribution in [0, 0.1) is 17.3 Å². The van der Waals surface area contributed by atoms with Crippen molar-refractivity contribution >= 4 is 29.4 Å². The van der Waals surface area contributed by atoms with Gasteiger partial charge in [0.05, 0.1) is 39.0 Å². The fraction of sp³-hybridized carbons (Fsp3) is 0.595. The van der Waals surface area contributed by atoms with Crippen molar-refractivity contribution in [1.29, 1.82) is 0 Å². The third-order valence-corrected chi connectivity index (χ3v) is 9.85. The molecule has 4 N–H and O–H groups in total. The maximum Gasteiger partial charge on any atom is 0.243 e. The molecule has 6 atom stereocenters. The number of ether oxygens (including phenoxy) is 2. The van der Waals surface area contributed by atoms with E-state index in [-0.39, 0.29) is 42.0 Å². The Balaban J connectivity index is 1.21. The number of aryl methyl sites for hydroxylation is 1. The highest BCUT2D eigenvalue weighted by Crippen LogP contribution is 2.59. The minimum absolute atomic E-state index is 0.141. The molecule has 266 valence electrons. The van der Waals surface area contributed by atoms with Gasteiger partial charge in [-0.1, -0.05) is 68.5 Å². The molecule has 1 aromatic carbocycles. The van der Waals surface area contributed by atoms with Gasteiger partial charge >= 0.3 is 0 Å². The molecule has 12 heteroatoms. The molecule has 1 aromatic rings. The number of Topliss-reactive ketones (excluding diaryl/α,β-unsaturated/α-hetero) is 1. The number of ketones is 1. The average molecular weight is 678 g/mol. The highest BCUT2D eigenvalue weighted by Gasteiger charge is 2.54. The van der Waals surface area contributed by atoms with Crippen LogP contribution in [-0.4, -0.2) is 104 Å². The fourth-order valence-corrected chi connectivity index (χ4v) is 6.70. The van der Waals surface area contributed by atoms with Crippen LogP contribution in [-0.2, 0) is 39.9 Å². The van der Waals surface area contributed by atoms with E-state index in [2.05, 4.69) is 33.4 Å². The summed E-state index contributed by atoms with van der Waals surface area (Å²) in [7, 11) is 0. The predicted molar refractivity (Wildman–Crippen MR) is 183 cm³/mol. The summed E-state index contributed by atoms with van der Waals surface area (Å²) in [5.74, 6) is -1.49. The molecule has 2 aliphatic carbocycles. The first kappa shape index (κ1) is 36.4. The van der Waals surface area contributed by atoms with Crippen LogP contribution in [0.2, 0.25) is 0 Å². The molecule has 4 amide bonds. The van der Waals surface area contributed by atoms with Gasteiger partial charge in [0.15, 0.2) is 5.78 Å². The van der Waals surface area contributed by atoms with E-state index in [4.69, 9.17) is 9.47 Å². The summed E-state index contributed by atoms with van der Waals surface area (Å²) in [6.45, 7) is 8.15. The summed E-state index contributed by atoms with van der Waals surface area (Å²) in [6.07, 6.45) is 10.7. The molecular weight excluding hydrogens is 626 g/mol. The zero-order valence-electron chi connectivity index (χ0n) is 28.9. The number of hydrogen-bond acceptors (Lipinski definition) is 8. The number of allylic oxidation sites excluding steroid dienone is 4. The molecule has 3 fully saturated rings. The van der Waals surface area contributed by atoms with Crippen molar-refractivity contribution in [2.45, 2.75) is 76.6 Å². The molecule has 5 rings (SSSR count). The van der Waals surface area contributed by atoms with Gasteiger partial charge in [-0.25, -0.2) is 0 Å². The molecule has 1 saturated carbocycles. The van der Waals surface area contributed by atoms with E-state index in [1.54, 1.807) is 6.92 Å². The maximum atomic E-state index is 13.8. The van der Waals surface area contributed by atoms with Crippen molar-refractivity contribution in [3.05, 3.63) is 60.2 Å². The van der Waals surface area contributed by atoms with Crippen LogP contribution in [0.3, 0.4) is 0 Å². The van der Waals surface area contributed by atoms with E-state index in [0.717, 1.165) is 12.0 Å². The standard InChI is InChI=1S/C37H51N5O7/c1-25(2)19-29(33(45)36(3)24-49-36)41-35(47)30(21-37-14-8-7-11-27(37)20-37)40-31(43)22-38-34(46)28(13-12-26-9-5-4-6-10-26)39-32(44)23-42-15-17-48-18-16-42/h4-11,14,25,27-30H,12-13,15-24H2,1-3H3,(H,38,46)(H,39,44)(H,40,43)(H,41,47)/t27?,28-,29?,30-,36+,37?/m0/s1. The molecule has 0 spiro atoms. The van der Waals surface area contributed by atoms with Crippen LogP contribution in [0.4, 0.5) is 0 Å². The molecule has 2 saturated heterocycles. The van der Waals surface area contributed by atoms with Crippen molar-refractivity contribution < 1.29 is 33.4 Å². The van der Waals surface area contributed by atoms with Crippen molar-refractivity contribution in [2.75, 3.05) is 46.0 Å². The first-order valence-corrected chi connectivity index (χ1v) is 17.5. The molecule has 2 heterocycles. The zero-order valence-corrected chi connectivity index (χ0v) is 28.9. The van der Waals surface area contributed by atoms with Crippen molar-refractivity contribution in [2.24, 2.45) is 17.3 Å². The number of rotatable bonds is 18. The number of hydrogen-bond donors (Lipinski definition) is 4. The number of carbonyl (C=O) groups is 5. The van der Waals surface area contributed by atoms with E-state index >= 15 is 0 Å². The smallest absolute Gasteiger partial charge is 0.243 e. The Morgan fingerprint density at radius 1 is 0.918 bits per heavy atom. The fourth-order valence-electron chi connectivity index (χ4n) is 6.70. The first-order chi connectivity index (χ1) is 23.5. The predicted octanol–water partition coefficient (Wildman–Crippen LogP) is 1.45. The van der Waals surface area contributed by atoms with E-state index in [1.165, 1.54) is 0 Å². The van der Waals surface area contributed by atoms with Crippen LogP contribution in [0.1, 0.15) is 52.0 Å². The van der Waals surface area contributed by atoms with E-state index in [1.807, 2.05) is 61.2 Å². The van der Waals surface area contributed by atoms with Gasteiger partial charge in [-0.3, -0.25) is 28.9 Å². The Morgan fingerprint density at radius 3 is 2.31 bits per heavy atom. The van der Waals surface area contributed by atoms with Crippen LogP contribution in [0.15, 0.2) is 54.6 Å². The van der Waals surface area contributed by atoms with E-state index in [9.17, 15) is 24.0 Å². The summed E-state index contributed by atoms with van der Waals surface area (Å²) in [5, 5.41) is 11.3. The van der Waals surface area contributed by atoms with Gasteiger partial charge in [0, 0.05) is 13.1 Å². The molecule has 0 radical (unpaired) electrons. The van der Waals surface area contributed by atoms with Crippen LogP contribution in [0.25, 0.3) is 0 Å². The lowest BCUT2D eigenvalue weighted by Crippen LogP contribution is -2.56. The maximum absolute atomic E-state index is 13.8. The van der Waals surface area contributed by atoms with Gasteiger partial charge < -0.3 is 30.7 Å². The van der Waals surface area contributed by atoms with Crippen molar-refractivity contribution in [3.8, 4) is 0 Å². The minimum Gasteiger partial charge on any atom is -0.379 e. The molecule has 0 aromatic heterocycles. The molecule has 2 aliphatic heterocycles. The van der Waals surface area contributed by atoms with Gasteiger partial charge in [0.2, 0.25) is 23.6 Å². The van der Waals surface area contributed by atoms with Gasteiger partial charge in [-0.15, -0.1) is 0 Å². The number of morpholine rings is 1. The van der Waals surface area contributed by atoms with Gasteiger partial charge in [-0.05, 0) is 61.8 Å². The minimum atomic E-state index is -0.928. The molecule has 0 bridgehead atoms. The monoisotopic (exact) mass is 677 g/mol. The first-order valence-electron chi connectivity index (χ1n) is 17.5. The molecule has 49 heavy (non-hydrogen) atoms. The number of benzene rings is 1. The number of fused-ring (bicyclic) bond motifs is 1. The third kappa shape index (κ3) is 10.3. The second-order valence-corrected chi connectivity index (χ2v) is 14.4. The molecule has 3 unspecified atom stereocenters. The Labute approximate surface area is 288 Å². The number of epoxide rings is 1. The number of nitrogens with zero attached hydrogens (tertiary/aromatic N) is 1. The van der Waals surface area contributed by atoms with Gasteiger partial charge in [0.25, 0.3) is 0 Å². The van der Waals surface area contributed by atoms with E-state index < -0.39 is 41.4 Å². The van der Waals surface area contributed by atoms with Crippen molar-refractivity contribution in [1.82, 2.24) is 26.2 Å². The normalized spacial score (nSPS) is 25.8. The highest BCUT2D eigenvalue weighted by molar-refractivity contribution is 5.98. The topological polar surface area (TPSA) is 158 Å². The second kappa shape index (κ2) is 16.2. The summed E-state index contributed by atoms with van der Waals surface area (Å²) >= 11 is 0. The molecular formula is C37H51N5O7. The van der Waals surface area contributed by atoms with Crippen LogP contribution in [0.5, 0.6) is 0 Å². The Morgan fingerprint density at radius 2 is 1.63 bits per heavy atom. The lowest BCUT2D eigenvalue weighted by molar-refractivity contribution is -0.134. The zero-order chi connectivity index (χ0) is 35.0. The summed E-state index contributed by atoms with van der Waals surface area (Å²) < 4.78 is 10.8. The number of nitrogens with one attached hydrogen (secondary N) is 4. The second-order valence-electron chi connectivity index (χ2n) is 14.4. The largest absolute Gasteiger partial charge is 0.379 e. The molecule has 12 nitrogen and oxygen atoms in total. The Bertz CT molecular complexity index is 1420. The van der Waals surface area contributed by atoms with E-state index in [0.29, 0.717) is 58.6 Å². The lowest BCUT2D eigenvalue weighted by atomic mass is 9.89.